The van der Waals surface area contributed by atoms with Crippen molar-refractivity contribution in [2.45, 2.75) is 56.3 Å². The molecule has 1 amide bonds. The van der Waals surface area contributed by atoms with E-state index in [0.29, 0.717) is 25.8 Å². The van der Waals surface area contributed by atoms with Crippen LogP contribution in [0.25, 0.3) is 0 Å². The molecule has 7 nitrogen and oxygen atoms in total. The van der Waals surface area contributed by atoms with Gasteiger partial charge in [0.2, 0.25) is 0 Å². The van der Waals surface area contributed by atoms with Gasteiger partial charge in [0.25, 0.3) is 0 Å². The summed E-state index contributed by atoms with van der Waals surface area (Å²) in [4.78, 5) is 29.6. The summed E-state index contributed by atoms with van der Waals surface area (Å²) in [6.07, 6.45) is 4.33. The van der Waals surface area contributed by atoms with Gasteiger partial charge >= 0.3 is 12.1 Å². The fraction of sp³-hybridized carbons (Fsp3) is 0.467. The molecule has 198 valence electrons. The lowest BCUT2D eigenvalue weighted by molar-refractivity contribution is -0.188. The van der Waals surface area contributed by atoms with Crippen LogP contribution in [0.5, 0.6) is 5.75 Å². The lowest BCUT2D eigenvalue weighted by Gasteiger charge is -2.60. The number of rotatable bonds is 8. The van der Waals surface area contributed by atoms with Gasteiger partial charge < -0.3 is 19.1 Å². The SMILES string of the molecule is C=CCN1CCC2(c3cccc(OC)c3)CC(N(C)C(=O)OCc3ccccc3)CCC2(OC(C)=O)C1. The van der Waals surface area contributed by atoms with Crippen LogP contribution in [0.3, 0.4) is 0 Å². The Kier molecular flexibility index (Phi) is 8.22. The maximum absolute atomic E-state index is 13.1. The number of carbonyl (C=O) groups is 2. The van der Waals surface area contributed by atoms with E-state index in [1.807, 2.05) is 55.6 Å². The van der Waals surface area contributed by atoms with Crippen LogP contribution >= 0.6 is 0 Å². The molecule has 2 fully saturated rings. The second-order valence-corrected chi connectivity index (χ2v) is 10.2. The summed E-state index contributed by atoms with van der Waals surface area (Å²) in [6, 6.07) is 17.7. The first-order valence-corrected chi connectivity index (χ1v) is 12.9. The summed E-state index contributed by atoms with van der Waals surface area (Å²) in [7, 11) is 3.46. The summed E-state index contributed by atoms with van der Waals surface area (Å²) in [6.45, 7) is 7.80. The van der Waals surface area contributed by atoms with E-state index in [4.69, 9.17) is 14.2 Å². The summed E-state index contributed by atoms with van der Waals surface area (Å²) in [5.74, 6) is 0.469. The summed E-state index contributed by atoms with van der Waals surface area (Å²) >= 11 is 0. The Labute approximate surface area is 220 Å². The first kappa shape index (κ1) is 26.7. The third-order valence-corrected chi connectivity index (χ3v) is 8.06. The molecule has 1 saturated carbocycles. The van der Waals surface area contributed by atoms with Gasteiger partial charge in [0.15, 0.2) is 0 Å². The molecule has 4 rings (SSSR count). The molecule has 0 bridgehead atoms. The van der Waals surface area contributed by atoms with Gasteiger partial charge in [-0.2, -0.15) is 0 Å². The molecule has 1 heterocycles. The Morgan fingerprint density at radius 3 is 2.65 bits per heavy atom. The molecule has 2 aromatic carbocycles. The molecule has 0 radical (unpaired) electrons. The molecule has 0 spiro atoms. The molecule has 3 atom stereocenters. The number of ether oxygens (including phenoxy) is 3. The summed E-state index contributed by atoms with van der Waals surface area (Å²) < 4.78 is 17.5. The van der Waals surface area contributed by atoms with Crippen molar-refractivity contribution in [2.75, 3.05) is 33.8 Å². The molecule has 0 N–H and O–H groups in total. The van der Waals surface area contributed by atoms with Crippen LogP contribution in [0.1, 0.15) is 43.7 Å². The molecule has 1 aliphatic heterocycles. The molecule has 37 heavy (non-hydrogen) atoms. The average Bonchev–Trinajstić information content (AvgIpc) is 2.91. The van der Waals surface area contributed by atoms with Crippen LogP contribution in [-0.2, 0) is 26.3 Å². The largest absolute Gasteiger partial charge is 0.497 e. The Morgan fingerprint density at radius 2 is 1.95 bits per heavy atom. The minimum absolute atomic E-state index is 0.0656. The number of esters is 1. The highest BCUT2D eigenvalue weighted by Gasteiger charge is 2.61. The normalized spacial score (nSPS) is 25.4. The fourth-order valence-electron chi connectivity index (χ4n) is 6.22. The van der Waals surface area contributed by atoms with E-state index in [1.54, 1.807) is 12.0 Å². The minimum atomic E-state index is -0.724. The molecule has 2 aliphatic rings. The van der Waals surface area contributed by atoms with Gasteiger partial charge in [-0.1, -0.05) is 48.5 Å². The maximum Gasteiger partial charge on any atom is 0.410 e. The lowest BCUT2D eigenvalue weighted by Crippen LogP contribution is -2.68. The monoisotopic (exact) mass is 506 g/mol. The number of nitrogens with zero attached hydrogens (tertiary/aromatic N) is 2. The van der Waals surface area contributed by atoms with Crippen LogP contribution < -0.4 is 4.74 Å². The first-order valence-electron chi connectivity index (χ1n) is 12.9. The highest BCUT2D eigenvalue weighted by atomic mass is 16.6. The van der Waals surface area contributed by atoms with Crippen LogP contribution in [-0.4, -0.2) is 67.3 Å². The predicted octanol–water partition coefficient (Wildman–Crippen LogP) is 4.95. The second kappa shape index (κ2) is 11.4. The first-order chi connectivity index (χ1) is 17.8. The van der Waals surface area contributed by atoms with Gasteiger partial charge in [-0.05, 0) is 55.5 Å². The zero-order valence-corrected chi connectivity index (χ0v) is 22.2. The number of hydrogen-bond acceptors (Lipinski definition) is 6. The Bertz CT molecular complexity index is 1110. The molecule has 3 unspecified atom stereocenters. The van der Waals surface area contributed by atoms with Crippen molar-refractivity contribution in [2.24, 2.45) is 0 Å². The van der Waals surface area contributed by atoms with E-state index in [1.165, 1.54) is 6.92 Å². The highest BCUT2D eigenvalue weighted by molar-refractivity contribution is 5.68. The van der Waals surface area contributed by atoms with Crippen molar-refractivity contribution in [3.8, 4) is 5.75 Å². The van der Waals surface area contributed by atoms with E-state index >= 15 is 0 Å². The van der Waals surface area contributed by atoms with E-state index in [0.717, 1.165) is 36.4 Å². The number of amides is 1. The summed E-state index contributed by atoms with van der Waals surface area (Å²) in [5.41, 5.74) is 0.811. The van der Waals surface area contributed by atoms with Gasteiger partial charge in [0, 0.05) is 38.5 Å². The smallest absolute Gasteiger partial charge is 0.410 e. The van der Waals surface area contributed by atoms with Gasteiger partial charge in [-0.3, -0.25) is 9.69 Å². The predicted molar refractivity (Wildman–Crippen MR) is 142 cm³/mol. The van der Waals surface area contributed by atoms with Crippen molar-refractivity contribution in [1.82, 2.24) is 9.80 Å². The van der Waals surface area contributed by atoms with E-state index in [-0.39, 0.29) is 24.7 Å². The average molecular weight is 507 g/mol. The molecular weight excluding hydrogens is 468 g/mol. The summed E-state index contributed by atoms with van der Waals surface area (Å²) in [5, 5.41) is 0. The highest BCUT2D eigenvalue weighted by Crippen LogP contribution is 2.54. The zero-order valence-electron chi connectivity index (χ0n) is 22.2. The van der Waals surface area contributed by atoms with E-state index < -0.39 is 11.0 Å². The molecule has 7 heteroatoms. The van der Waals surface area contributed by atoms with Gasteiger partial charge in [-0.15, -0.1) is 6.58 Å². The number of fused-ring (bicyclic) bond motifs is 1. The lowest BCUT2D eigenvalue weighted by atomic mass is 9.55. The zero-order chi connectivity index (χ0) is 26.5. The van der Waals surface area contributed by atoms with Gasteiger partial charge in [-0.25, -0.2) is 4.79 Å². The van der Waals surface area contributed by atoms with Crippen LogP contribution in [0.4, 0.5) is 4.79 Å². The Balaban J connectivity index is 1.66. The number of hydrogen-bond donors (Lipinski definition) is 0. The third kappa shape index (κ3) is 5.52. The van der Waals surface area contributed by atoms with E-state index in [2.05, 4.69) is 23.6 Å². The third-order valence-electron chi connectivity index (χ3n) is 8.06. The van der Waals surface area contributed by atoms with E-state index in [9.17, 15) is 9.59 Å². The van der Waals surface area contributed by atoms with Crippen molar-refractivity contribution in [1.29, 1.82) is 0 Å². The fourth-order valence-corrected chi connectivity index (χ4v) is 6.22. The van der Waals surface area contributed by atoms with Crippen LogP contribution in [0.2, 0.25) is 0 Å². The van der Waals surface area contributed by atoms with Crippen molar-refractivity contribution in [3.63, 3.8) is 0 Å². The quantitative estimate of drug-likeness (QED) is 0.373. The minimum Gasteiger partial charge on any atom is -0.497 e. The second-order valence-electron chi connectivity index (χ2n) is 10.2. The molecule has 2 aromatic rings. The van der Waals surface area contributed by atoms with Gasteiger partial charge in [0.1, 0.15) is 18.0 Å². The maximum atomic E-state index is 13.1. The number of piperidine rings is 1. The number of carbonyl (C=O) groups excluding carboxylic acids is 2. The number of methoxy groups -OCH3 is 1. The molecular formula is C30H38N2O5. The van der Waals surface area contributed by atoms with Crippen molar-refractivity contribution in [3.05, 3.63) is 78.4 Å². The Hall–Kier alpha value is -3.32. The number of likely N-dealkylation sites (tertiary alicyclic amines) is 1. The van der Waals surface area contributed by atoms with Crippen molar-refractivity contribution >= 4 is 12.1 Å². The topological polar surface area (TPSA) is 68.3 Å². The Morgan fingerprint density at radius 1 is 1.16 bits per heavy atom. The molecule has 0 aromatic heterocycles. The standard InChI is InChI=1S/C30H38N2O5/c1-5-17-32-18-16-29(25-12-9-13-27(19-25)35-4)20-26(14-15-30(29,22-32)37-23(2)33)31(3)28(34)36-21-24-10-7-6-8-11-24/h5-13,19,26H,1,14-18,20-22H2,2-4H3. The van der Waals surface area contributed by atoms with Crippen LogP contribution in [0.15, 0.2) is 67.3 Å². The van der Waals surface area contributed by atoms with Crippen molar-refractivity contribution < 1.29 is 23.8 Å². The molecule has 1 aliphatic carbocycles. The molecule has 1 saturated heterocycles. The number of benzene rings is 2. The van der Waals surface area contributed by atoms with Gasteiger partial charge in [0.05, 0.1) is 7.11 Å². The van der Waals surface area contributed by atoms with Crippen LogP contribution in [0, 0.1) is 0 Å².